The van der Waals surface area contributed by atoms with Crippen molar-refractivity contribution < 1.29 is 12.8 Å². The van der Waals surface area contributed by atoms with E-state index in [9.17, 15) is 17.6 Å². The van der Waals surface area contributed by atoms with Crippen LogP contribution < -0.4 is 10.7 Å². The first-order valence-corrected chi connectivity index (χ1v) is 12.4. The smallest absolute Gasteiger partial charge is 0.279 e. The minimum absolute atomic E-state index is 0.0274. The first-order chi connectivity index (χ1) is 16.1. The van der Waals surface area contributed by atoms with Gasteiger partial charge < -0.3 is 4.57 Å². The Hall–Kier alpha value is -3.44. The molecule has 0 saturated heterocycles. The number of primary sulfonamides is 1. The van der Waals surface area contributed by atoms with E-state index >= 15 is 0 Å². The number of nitrogens with zero attached hydrogens (tertiary/aromatic N) is 5. The normalized spacial score (nSPS) is 14.3. The lowest BCUT2D eigenvalue weighted by molar-refractivity contribution is 0.598. The van der Waals surface area contributed by atoms with Gasteiger partial charge >= 0.3 is 0 Å². The third-order valence-electron chi connectivity index (χ3n) is 5.87. The highest BCUT2D eigenvalue weighted by Crippen LogP contribution is 2.38. The number of nitrogens with two attached hydrogens (primary N) is 1. The van der Waals surface area contributed by atoms with Crippen molar-refractivity contribution in [1.29, 1.82) is 0 Å². The highest BCUT2D eigenvalue weighted by Gasteiger charge is 2.29. The third-order valence-corrected chi connectivity index (χ3v) is 6.84. The fourth-order valence-corrected chi connectivity index (χ4v) is 4.65. The second kappa shape index (κ2) is 8.10. The second-order valence-corrected chi connectivity index (χ2v) is 10.4. The van der Waals surface area contributed by atoms with Crippen LogP contribution in [0.4, 0.5) is 4.39 Å². The van der Waals surface area contributed by atoms with Crippen molar-refractivity contribution >= 4 is 15.8 Å². The van der Waals surface area contributed by atoms with E-state index in [1.165, 1.54) is 22.7 Å². The SMILES string of the molecule is CC(C)c1cn(Cc2ccc(S(N)(=O)=O)c(-c3ccc(F)cn3)c2)c2nc(C3CC3)nn2c1=O. The molecule has 9 nitrogen and oxygen atoms in total. The molecule has 5 rings (SSSR count). The van der Waals surface area contributed by atoms with Gasteiger partial charge in [-0.1, -0.05) is 19.9 Å². The molecule has 2 N–H and O–H groups in total. The number of fused-ring (bicyclic) bond motifs is 1. The molecular weight excluding hydrogens is 459 g/mol. The first kappa shape index (κ1) is 22.4. The Kier molecular flexibility index (Phi) is 5.33. The van der Waals surface area contributed by atoms with Crippen LogP contribution in [0.15, 0.2) is 52.4 Å². The van der Waals surface area contributed by atoms with Crippen molar-refractivity contribution in [2.24, 2.45) is 5.14 Å². The second-order valence-electron chi connectivity index (χ2n) is 8.87. The number of rotatable bonds is 6. The van der Waals surface area contributed by atoms with Gasteiger partial charge in [-0.25, -0.2) is 17.9 Å². The Balaban J connectivity index is 1.65. The van der Waals surface area contributed by atoms with E-state index in [1.807, 2.05) is 18.4 Å². The number of sulfonamides is 1. The van der Waals surface area contributed by atoms with Gasteiger partial charge in [0.2, 0.25) is 15.8 Å². The third kappa shape index (κ3) is 4.12. The number of benzene rings is 1. The standard InChI is InChI=1S/C23H23FN6O3S/c1-13(2)18-12-29(23-27-21(15-4-5-15)28-30(23)22(18)31)11-14-3-8-20(34(25,32)33)17(9-14)19-7-6-16(24)10-26-19/h3,6-10,12-13,15H,4-5,11H2,1-2H3,(H2,25,32,33). The summed E-state index contributed by atoms with van der Waals surface area (Å²) in [5.41, 5.74) is 1.67. The van der Waals surface area contributed by atoms with Gasteiger partial charge in [-0.3, -0.25) is 9.78 Å². The molecule has 176 valence electrons. The van der Waals surface area contributed by atoms with Crippen molar-refractivity contribution in [2.45, 2.75) is 50.0 Å². The highest BCUT2D eigenvalue weighted by molar-refractivity contribution is 7.89. The maximum Gasteiger partial charge on any atom is 0.279 e. The molecule has 0 atom stereocenters. The van der Waals surface area contributed by atoms with Gasteiger partial charge in [-0.2, -0.15) is 9.50 Å². The maximum atomic E-state index is 13.4. The van der Waals surface area contributed by atoms with E-state index in [2.05, 4.69) is 15.1 Å². The van der Waals surface area contributed by atoms with Crippen LogP contribution in [-0.2, 0) is 16.6 Å². The first-order valence-electron chi connectivity index (χ1n) is 10.9. The molecule has 1 aromatic carbocycles. The van der Waals surface area contributed by atoms with Crippen molar-refractivity contribution in [3.05, 3.63) is 75.8 Å². The van der Waals surface area contributed by atoms with Crippen LogP contribution >= 0.6 is 0 Å². The molecule has 34 heavy (non-hydrogen) atoms. The molecule has 4 aromatic rings. The topological polar surface area (TPSA) is 125 Å². The molecule has 0 radical (unpaired) electrons. The number of pyridine rings is 1. The van der Waals surface area contributed by atoms with E-state index in [-0.39, 0.29) is 33.5 Å². The van der Waals surface area contributed by atoms with Crippen LogP contribution in [-0.4, -0.2) is 32.6 Å². The van der Waals surface area contributed by atoms with Gasteiger partial charge in [0.1, 0.15) is 5.82 Å². The van der Waals surface area contributed by atoms with Crippen LogP contribution in [0, 0.1) is 5.82 Å². The Morgan fingerprint density at radius 2 is 1.97 bits per heavy atom. The molecule has 1 aliphatic carbocycles. The lowest BCUT2D eigenvalue weighted by atomic mass is 10.1. The summed E-state index contributed by atoms with van der Waals surface area (Å²) in [6.45, 7) is 4.17. The zero-order chi connectivity index (χ0) is 24.2. The molecule has 3 heterocycles. The lowest BCUT2D eigenvalue weighted by Gasteiger charge is -2.14. The summed E-state index contributed by atoms with van der Waals surface area (Å²) in [6, 6.07) is 7.32. The minimum Gasteiger partial charge on any atom is -0.312 e. The van der Waals surface area contributed by atoms with E-state index < -0.39 is 15.8 Å². The van der Waals surface area contributed by atoms with Gasteiger partial charge in [0, 0.05) is 23.2 Å². The van der Waals surface area contributed by atoms with Crippen LogP contribution in [0.3, 0.4) is 0 Å². The Bertz CT molecular complexity index is 1570. The predicted octanol–water partition coefficient (Wildman–Crippen LogP) is 2.79. The Labute approximate surface area is 195 Å². The summed E-state index contributed by atoms with van der Waals surface area (Å²) in [5, 5.41) is 9.89. The summed E-state index contributed by atoms with van der Waals surface area (Å²) >= 11 is 0. The van der Waals surface area contributed by atoms with E-state index in [4.69, 9.17) is 5.14 Å². The molecule has 0 amide bonds. The van der Waals surface area contributed by atoms with Gasteiger partial charge in [-0.15, -0.1) is 5.10 Å². The molecule has 1 aliphatic rings. The molecule has 0 unspecified atom stereocenters. The van der Waals surface area contributed by atoms with Crippen LogP contribution in [0.25, 0.3) is 17.0 Å². The van der Waals surface area contributed by atoms with E-state index in [0.717, 1.165) is 24.6 Å². The van der Waals surface area contributed by atoms with Crippen molar-refractivity contribution in [2.75, 3.05) is 0 Å². The minimum atomic E-state index is -4.05. The Morgan fingerprint density at radius 1 is 1.21 bits per heavy atom. The average Bonchev–Trinajstić information content (AvgIpc) is 3.53. The highest BCUT2D eigenvalue weighted by atomic mass is 32.2. The monoisotopic (exact) mass is 482 g/mol. The van der Waals surface area contributed by atoms with Gasteiger partial charge in [-0.05, 0) is 48.6 Å². The fraction of sp³-hybridized carbons (Fsp3) is 0.304. The number of hydrogen-bond donors (Lipinski definition) is 1. The molecule has 1 fully saturated rings. The van der Waals surface area contributed by atoms with Crippen LogP contribution in [0.5, 0.6) is 0 Å². The summed E-state index contributed by atoms with van der Waals surface area (Å²) in [4.78, 5) is 21.5. The number of aromatic nitrogens is 5. The summed E-state index contributed by atoms with van der Waals surface area (Å²) in [7, 11) is -4.05. The Morgan fingerprint density at radius 3 is 2.59 bits per heavy atom. The zero-order valence-corrected chi connectivity index (χ0v) is 19.5. The molecule has 11 heteroatoms. The molecule has 3 aromatic heterocycles. The summed E-state index contributed by atoms with van der Waals surface area (Å²) in [6.07, 6.45) is 4.80. The molecule has 1 saturated carbocycles. The zero-order valence-electron chi connectivity index (χ0n) is 18.6. The molecule has 0 bridgehead atoms. The van der Waals surface area contributed by atoms with Crippen molar-refractivity contribution in [3.63, 3.8) is 0 Å². The molecule has 0 spiro atoms. The maximum absolute atomic E-state index is 13.4. The molecular formula is C23H23FN6O3S. The number of halogens is 1. The quantitative estimate of drug-likeness (QED) is 0.450. The van der Waals surface area contributed by atoms with Crippen molar-refractivity contribution in [3.8, 4) is 11.3 Å². The van der Waals surface area contributed by atoms with Gasteiger partial charge in [0.25, 0.3) is 5.56 Å². The van der Waals surface area contributed by atoms with Gasteiger partial charge in [0.15, 0.2) is 5.82 Å². The summed E-state index contributed by atoms with van der Waals surface area (Å²) < 4.78 is 41.0. The summed E-state index contributed by atoms with van der Waals surface area (Å²) in [5.74, 6) is 0.800. The predicted molar refractivity (Wildman–Crippen MR) is 123 cm³/mol. The number of hydrogen-bond acceptors (Lipinski definition) is 6. The lowest BCUT2D eigenvalue weighted by Crippen LogP contribution is -2.24. The van der Waals surface area contributed by atoms with Crippen LogP contribution in [0.2, 0.25) is 0 Å². The van der Waals surface area contributed by atoms with Crippen molar-refractivity contribution in [1.82, 2.24) is 24.1 Å². The average molecular weight is 483 g/mol. The van der Waals surface area contributed by atoms with Gasteiger partial charge in [0.05, 0.1) is 23.3 Å². The molecule has 0 aliphatic heterocycles. The van der Waals surface area contributed by atoms with E-state index in [0.29, 0.717) is 23.7 Å². The largest absolute Gasteiger partial charge is 0.312 e. The van der Waals surface area contributed by atoms with Crippen LogP contribution in [0.1, 0.15) is 55.5 Å². The van der Waals surface area contributed by atoms with E-state index in [1.54, 1.807) is 18.3 Å². The fourth-order valence-electron chi connectivity index (χ4n) is 3.93.